The summed E-state index contributed by atoms with van der Waals surface area (Å²) in [5.41, 5.74) is 4.58. The van der Waals surface area contributed by atoms with E-state index >= 15 is 0 Å². The molecule has 0 aliphatic heterocycles. The van der Waals surface area contributed by atoms with Crippen LogP contribution in [-0.4, -0.2) is 24.6 Å². The van der Waals surface area contributed by atoms with Crippen LogP contribution in [0.3, 0.4) is 0 Å². The van der Waals surface area contributed by atoms with Crippen molar-refractivity contribution in [2.24, 2.45) is 21.1 Å². The predicted molar refractivity (Wildman–Crippen MR) is 68.6 cm³/mol. The van der Waals surface area contributed by atoms with Gasteiger partial charge in [-0.2, -0.15) is 4.98 Å². The van der Waals surface area contributed by atoms with Crippen molar-refractivity contribution in [3.63, 3.8) is 0 Å². The van der Waals surface area contributed by atoms with Crippen molar-refractivity contribution in [3.8, 4) is 0 Å². The standard InChI is InChI=1S/C10H14N6O3/c1-5(17)12-13-9-11-7-6(14(9)2)8(18)16(4)10(19)15(7)3/h1-4H3,(H,11,13)(H,12,17). The Morgan fingerprint density at radius 1 is 1.11 bits per heavy atom. The molecular formula is C10H14N6O3. The zero-order chi connectivity index (χ0) is 14.3. The molecule has 1 amide bonds. The predicted octanol–water partition coefficient (Wildman–Crippen LogP) is -1.57. The van der Waals surface area contributed by atoms with Crippen LogP contribution in [0.25, 0.3) is 11.2 Å². The van der Waals surface area contributed by atoms with Gasteiger partial charge in [0, 0.05) is 28.1 Å². The maximum Gasteiger partial charge on any atom is 0.332 e. The van der Waals surface area contributed by atoms with Gasteiger partial charge in [0.15, 0.2) is 11.2 Å². The van der Waals surface area contributed by atoms with E-state index in [-0.39, 0.29) is 23.0 Å². The van der Waals surface area contributed by atoms with Gasteiger partial charge in [-0.05, 0) is 0 Å². The van der Waals surface area contributed by atoms with Crippen LogP contribution in [-0.2, 0) is 25.9 Å². The Morgan fingerprint density at radius 3 is 2.32 bits per heavy atom. The van der Waals surface area contributed by atoms with Crippen LogP contribution in [0.5, 0.6) is 0 Å². The van der Waals surface area contributed by atoms with Crippen molar-refractivity contribution < 1.29 is 4.79 Å². The lowest BCUT2D eigenvalue weighted by molar-refractivity contribution is -0.118. The van der Waals surface area contributed by atoms with Crippen molar-refractivity contribution in [1.82, 2.24) is 24.1 Å². The number of fused-ring (bicyclic) bond motifs is 1. The number of carbonyl (C=O) groups is 1. The van der Waals surface area contributed by atoms with E-state index in [2.05, 4.69) is 15.8 Å². The Hall–Kier alpha value is -2.58. The first-order valence-electron chi connectivity index (χ1n) is 5.49. The molecule has 0 aromatic carbocycles. The fourth-order valence-electron chi connectivity index (χ4n) is 1.77. The lowest BCUT2D eigenvalue weighted by atomic mass is 10.5. The van der Waals surface area contributed by atoms with E-state index in [1.54, 1.807) is 7.05 Å². The van der Waals surface area contributed by atoms with Gasteiger partial charge >= 0.3 is 5.69 Å². The number of hydrogen-bond acceptors (Lipinski definition) is 5. The zero-order valence-corrected chi connectivity index (χ0v) is 11.0. The molecule has 2 rings (SSSR count). The highest BCUT2D eigenvalue weighted by atomic mass is 16.2. The topological polar surface area (TPSA) is 103 Å². The van der Waals surface area contributed by atoms with Gasteiger partial charge in [-0.1, -0.05) is 0 Å². The van der Waals surface area contributed by atoms with Crippen LogP contribution >= 0.6 is 0 Å². The maximum atomic E-state index is 12.0. The van der Waals surface area contributed by atoms with Gasteiger partial charge in [0.25, 0.3) is 5.56 Å². The van der Waals surface area contributed by atoms with E-state index in [1.807, 2.05) is 0 Å². The second-order valence-electron chi connectivity index (χ2n) is 4.18. The van der Waals surface area contributed by atoms with Crippen molar-refractivity contribution >= 4 is 23.0 Å². The normalized spacial score (nSPS) is 10.7. The summed E-state index contributed by atoms with van der Waals surface area (Å²) in [5.74, 6) is -0.0302. The molecule has 2 aromatic heterocycles. The number of hydrazine groups is 1. The van der Waals surface area contributed by atoms with Gasteiger partial charge in [-0.25, -0.2) is 4.79 Å². The smallest absolute Gasteiger partial charge is 0.306 e. The minimum Gasteiger partial charge on any atom is -0.306 e. The average Bonchev–Trinajstić information content (AvgIpc) is 2.69. The van der Waals surface area contributed by atoms with Crippen LogP contribution in [0.4, 0.5) is 5.95 Å². The minimum absolute atomic E-state index is 0.253. The molecule has 2 aromatic rings. The summed E-state index contributed by atoms with van der Waals surface area (Å²) in [4.78, 5) is 38.8. The highest BCUT2D eigenvalue weighted by molar-refractivity contribution is 5.76. The molecule has 2 heterocycles. The van der Waals surface area contributed by atoms with Crippen molar-refractivity contribution in [2.75, 3.05) is 5.43 Å². The lowest BCUT2D eigenvalue weighted by Crippen LogP contribution is -2.37. The Kier molecular flexibility index (Phi) is 2.89. The number of aromatic nitrogens is 4. The van der Waals surface area contributed by atoms with Crippen molar-refractivity contribution in [1.29, 1.82) is 0 Å². The molecule has 0 atom stereocenters. The number of carbonyl (C=O) groups excluding carboxylic acids is 1. The average molecular weight is 266 g/mol. The van der Waals surface area contributed by atoms with Crippen molar-refractivity contribution in [3.05, 3.63) is 20.8 Å². The van der Waals surface area contributed by atoms with Gasteiger partial charge in [0.2, 0.25) is 11.9 Å². The van der Waals surface area contributed by atoms with Crippen LogP contribution in [0.15, 0.2) is 9.59 Å². The number of anilines is 1. The molecule has 0 bridgehead atoms. The van der Waals surface area contributed by atoms with Crippen LogP contribution in [0.1, 0.15) is 6.92 Å². The summed E-state index contributed by atoms with van der Waals surface area (Å²) in [5, 5.41) is 0. The highest BCUT2D eigenvalue weighted by Gasteiger charge is 2.16. The summed E-state index contributed by atoms with van der Waals surface area (Å²) in [6, 6.07) is 0. The third-order valence-electron chi connectivity index (χ3n) is 2.83. The molecule has 0 aliphatic rings. The Morgan fingerprint density at radius 2 is 1.74 bits per heavy atom. The van der Waals surface area contributed by atoms with Crippen LogP contribution < -0.4 is 22.1 Å². The molecule has 0 saturated heterocycles. The fourth-order valence-corrected chi connectivity index (χ4v) is 1.77. The third-order valence-corrected chi connectivity index (χ3v) is 2.83. The molecule has 102 valence electrons. The number of nitrogens with one attached hydrogen (secondary N) is 2. The van der Waals surface area contributed by atoms with E-state index in [0.29, 0.717) is 0 Å². The second-order valence-corrected chi connectivity index (χ2v) is 4.18. The van der Waals surface area contributed by atoms with Gasteiger partial charge in [0.1, 0.15) is 0 Å². The summed E-state index contributed by atoms with van der Waals surface area (Å²) >= 11 is 0. The maximum absolute atomic E-state index is 12.0. The Labute approximate surface area is 107 Å². The first-order valence-corrected chi connectivity index (χ1v) is 5.49. The van der Waals surface area contributed by atoms with E-state index < -0.39 is 11.2 Å². The van der Waals surface area contributed by atoms with Gasteiger partial charge < -0.3 is 4.57 Å². The third kappa shape index (κ3) is 1.88. The molecule has 0 fully saturated rings. The Bertz CT molecular complexity index is 781. The molecule has 9 nitrogen and oxygen atoms in total. The molecule has 0 spiro atoms. The first kappa shape index (κ1) is 12.9. The molecule has 0 saturated carbocycles. The van der Waals surface area contributed by atoms with Gasteiger partial charge in [-0.3, -0.25) is 29.6 Å². The van der Waals surface area contributed by atoms with Crippen LogP contribution in [0.2, 0.25) is 0 Å². The van der Waals surface area contributed by atoms with E-state index in [4.69, 9.17) is 0 Å². The summed E-state index contributed by atoms with van der Waals surface area (Å²) in [7, 11) is 4.54. The molecule has 0 aliphatic carbocycles. The molecule has 2 N–H and O–H groups in total. The molecule has 19 heavy (non-hydrogen) atoms. The SMILES string of the molecule is CC(=O)NNc1nc2c(c(=O)n(C)c(=O)n2C)n1C. The number of amides is 1. The fraction of sp³-hybridized carbons (Fsp3) is 0.400. The summed E-state index contributed by atoms with van der Waals surface area (Å²) in [6.45, 7) is 1.34. The van der Waals surface area contributed by atoms with E-state index in [1.165, 1.54) is 30.2 Å². The largest absolute Gasteiger partial charge is 0.332 e. The van der Waals surface area contributed by atoms with E-state index in [0.717, 1.165) is 4.57 Å². The molecule has 0 radical (unpaired) electrons. The van der Waals surface area contributed by atoms with Crippen molar-refractivity contribution in [2.45, 2.75) is 6.92 Å². The minimum atomic E-state index is -0.457. The molecule has 0 unspecified atom stereocenters. The summed E-state index contributed by atoms with van der Waals surface area (Å²) < 4.78 is 3.76. The number of aryl methyl sites for hydroxylation is 2. The van der Waals surface area contributed by atoms with Gasteiger partial charge in [-0.15, -0.1) is 0 Å². The summed E-state index contributed by atoms with van der Waals surface area (Å²) in [6.07, 6.45) is 0. The lowest BCUT2D eigenvalue weighted by Gasteiger charge is -2.05. The monoisotopic (exact) mass is 266 g/mol. The van der Waals surface area contributed by atoms with E-state index in [9.17, 15) is 14.4 Å². The molecular weight excluding hydrogens is 252 g/mol. The number of nitrogens with zero attached hydrogens (tertiary/aromatic N) is 4. The molecule has 9 heteroatoms. The zero-order valence-electron chi connectivity index (χ0n) is 11.0. The quantitative estimate of drug-likeness (QED) is 0.639. The Balaban J connectivity index is 2.74. The number of imidazole rings is 1. The van der Waals surface area contributed by atoms with Gasteiger partial charge in [0.05, 0.1) is 0 Å². The first-order chi connectivity index (χ1) is 8.84. The van der Waals surface area contributed by atoms with Crippen LogP contribution in [0, 0.1) is 0 Å². The second kappa shape index (κ2) is 4.26. The highest BCUT2D eigenvalue weighted by Crippen LogP contribution is 2.11. The number of rotatable bonds is 2. The number of hydrogen-bond donors (Lipinski definition) is 2.